The highest BCUT2D eigenvalue weighted by molar-refractivity contribution is 7.07. The van der Waals surface area contributed by atoms with Crippen molar-refractivity contribution < 1.29 is 9.53 Å². The summed E-state index contributed by atoms with van der Waals surface area (Å²) in [6, 6.07) is 9.61. The van der Waals surface area contributed by atoms with Crippen molar-refractivity contribution in [1.82, 2.24) is 9.13 Å². The Morgan fingerprint density at radius 3 is 2.44 bits per heavy atom. The number of carbonyl (C=O) groups is 1. The average Bonchev–Trinajstić information content (AvgIpc) is 3.23. The normalized spacial score (nSPS) is 16.1. The van der Waals surface area contributed by atoms with E-state index in [-0.39, 0.29) is 12.2 Å². The van der Waals surface area contributed by atoms with Crippen molar-refractivity contribution in [1.29, 1.82) is 0 Å². The fourth-order valence-corrected chi connectivity index (χ4v) is 5.38. The van der Waals surface area contributed by atoms with Crippen LogP contribution in [-0.4, -0.2) is 21.7 Å². The highest BCUT2D eigenvalue weighted by Gasteiger charge is 2.33. The first-order chi connectivity index (χ1) is 16.1. The first-order valence-electron chi connectivity index (χ1n) is 11.6. The first-order valence-corrected chi connectivity index (χ1v) is 12.4. The number of nitrogens with zero attached hydrogens (tertiary/aromatic N) is 3. The Kier molecular flexibility index (Phi) is 6.49. The second-order valence-electron chi connectivity index (χ2n) is 9.01. The fourth-order valence-electron chi connectivity index (χ4n) is 4.34. The molecule has 3 heterocycles. The predicted molar refractivity (Wildman–Crippen MR) is 136 cm³/mol. The molecule has 0 fully saturated rings. The van der Waals surface area contributed by atoms with Gasteiger partial charge in [0, 0.05) is 18.4 Å². The zero-order chi connectivity index (χ0) is 24.7. The lowest BCUT2D eigenvalue weighted by molar-refractivity contribution is -0.139. The number of hydrogen-bond acceptors (Lipinski definition) is 5. The van der Waals surface area contributed by atoms with Crippen LogP contribution in [0.15, 0.2) is 51.4 Å². The largest absolute Gasteiger partial charge is 0.463 e. The summed E-state index contributed by atoms with van der Waals surface area (Å²) >= 11 is 1.35. The summed E-state index contributed by atoms with van der Waals surface area (Å²) in [5.41, 5.74) is 6.11. The van der Waals surface area contributed by atoms with E-state index in [1.807, 2.05) is 46.0 Å². The number of carbonyl (C=O) groups excluding carboxylic acids is 1. The lowest BCUT2D eigenvalue weighted by Crippen LogP contribution is -2.39. The van der Waals surface area contributed by atoms with Gasteiger partial charge in [-0.25, -0.2) is 9.79 Å². The highest BCUT2D eigenvalue weighted by Crippen LogP contribution is 2.31. The predicted octanol–water partition coefficient (Wildman–Crippen LogP) is 3.88. The van der Waals surface area contributed by atoms with Gasteiger partial charge in [-0.1, -0.05) is 49.4 Å². The van der Waals surface area contributed by atoms with E-state index in [1.165, 1.54) is 16.9 Å². The van der Waals surface area contributed by atoms with E-state index in [9.17, 15) is 9.59 Å². The molecule has 0 unspecified atom stereocenters. The highest BCUT2D eigenvalue weighted by atomic mass is 32.1. The molecule has 4 rings (SSSR count). The van der Waals surface area contributed by atoms with Gasteiger partial charge in [0.05, 0.1) is 28.5 Å². The van der Waals surface area contributed by atoms with Gasteiger partial charge in [0.2, 0.25) is 0 Å². The second-order valence-corrected chi connectivity index (χ2v) is 10.0. The van der Waals surface area contributed by atoms with E-state index >= 15 is 0 Å². The smallest absolute Gasteiger partial charge is 0.338 e. The number of ether oxygens (including phenoxy) is 1. The maximum atomic E-state index is 13.7. The van der Waals surface area contributed by atoms with Crippen molar-refractivity contribution in [3.63, 3.8) is 0 Å². The Balaban J connectivity index is 1.95. The minimum Gasteiger partial charge on any atom is -0.463 e. The van der Waals surface area contributed by atoms with Gasteiger partial charge in [-0.15, -0.1) is 0 Å². The number of esters is 1. The van der Waals surface area contributed by atoms with E-state index < -0.39 is 12.0 Å². The molecule has 6 nitrogen and oxygen atoms in total. The summed E-state index contributed by atoms with van der Waals surface area (Å²) in [5.74, 6) is -0.0547. The maximum absolute atomic E-state index is 13.7. The molecule has 0 saturated heterocycles. The van der Waals surface area contributed by atoms with Gasteiger partial charge in [-0.3, -0.25) is 9.36 Å². The van der Waals surface area contributed by atoms with Crippen LogP contribution in [0.4, 0.5) is 0 Å². The lowest BCUT2D eigenvalue weighted by atomic mass is 9.93. The van der Waals surface area contributed by atoms with Crippen LogP contribution in [0.1, 0.15) is 67.7 Å². The number of aromatic nitrogens is 2. The number of thiazole rings is 1. The molecule has 0 N–H and O–H groups in total. The van der Waals surface area contributed by atoms with E-state index in [0.29, 0.717) is 26.5 Å². The number of fused-ring (bicyclic) bond motifs is 1. The quantitative estimate of drug-likeness (QED) is 0.524. The standard InChI is InChI=1S/C27H31N3O3S/c1-8-33-26(32)23-17(5)28-27-30(24(23)20-11-9-19(10-12-20)15(2)3)25(31)22(34-27)14-21-13-16(4)29(7)18(21)6/h9-15,24H,8H2,1-7H3/t24-/m1/s1. The number of rotatable bonds is 5. The number of hydrogen-bond donors (Lipinski definition) is 0. The summed E-state index contributed by atoms with van der Waals surface area (Å²) < 4.78 is 9.71. The van der Waals surface area contributed by atoms with Crippen LogP contribution in [0.5, 0.6) is 0 Å². The van der Waals surface area contributed by atoms with Crippen LogP contribution < -0.4 is 14.9 Å². The van der Waals surface area contributed by atoms with Gasteiger partial charge >= 0.3 is 5.97 Å². The Morgan fingerprint density at radius 1 is 1.21 bits per heavy atom. The van der Waals surface area contributed by atoms with E-state index in [0.717, 1.165) is 22.5 Å². The van der Waals surface area contributed by atoms with Crippen molar-refractivity contribution in [2.24, 2.45) is 12.0 Å². The summed E-state index contributed by atoms with van der Waals surface area (Å²) in [6.45, 7) is 12.2. The molecule has 2 aromatic heterocycles. The Bertz CT molecular complexity index is 1470. The third-order valence-electron chi connectivity index (χ3n) is 6.54. The summed E-state index contributed by atoms with van der Waals surface area (Å²) in [6.07, 6.45) is 1.93. The SMILES string of the molecule is CCOC(=O)C1=C(C)N=c2sc(=Cc3cc(C)n(C)c3C)c(=O)n2[C@@H]1c1ccc(C(C)C)cc1. The number of allylic oxidation sites excluding steroid dienone is 1. The Hall–Kier alpha value is -3.19. The topological polar surface area (TPSA) is 65.6 Å². The molecule has 3 aromatic rings. The average molecular weight is 478 g/mol. The lowest BCUT2D eigenvalue weighted by Gasteiger charge is -2.25. The molecule has 0 radical (unpaired) electrons. The molecule has 0 aliphatic carbocycles. The molecule has 34 heavy (non-hydrogen) atoms. The van der Waals surface area contributed by atoms with Crippen LogP contribution in [0.2, 0.25) is 0 Å². The molecular formula is C27H31N3O3S. The number of aryl methyl sites for hydroxylation is 1. The van der Waals surface area contributed by atoms with E-state index in [4.69, 9.17) is 4.74 Å². The van der Waals surface area contributed by atoms with Gasteiger partial charge in [0.15, 0.2) is 4.80 Å². The molecule has 1 aromatic carbocycles. The Labute approximate surface area is 203 Å². The third kappa shape index (κ3) is 4.09. The van der Waals surface area contributed by atoms with Crippen LogP contribution in [0, 0.1) is 13.8 Å². The van der Waals surface area contributed by atoms with Crippen molar-refractivity contribution in [2.75, 3.05) is 6.61 Å². The third-order valence-corrected chi connectivity index (χ3v) is 7.52. The van der Waals surface area contributed by atoms with Crippen LogP contribution in [0.3, 0.4) is 0 Å². The van der Waals surface area contributed by atoms with Crippen LogP contribution in [0.25, 0.3) is 6.08 Å². The maximum Gasteiger partial charge on any atom is 0.338 e. The summed E-state index contributed by atoms with van der Waals surface area (Å²) in [5, 5.41) is 0. The van der Waals surface area contributed by atoms with Crippen LogP contribution >= 0.6 is 11.3 Å². The molecule has 0 bridgehead atoms. The molecule has 1 atom stereocenters. The van der Waals surface area contributed by atoms with Crippen molar-refractivity contribution in [3.8, 4) is 0 Å². The van der Waals surface area contributed by atoms with Gasteiger partial charge in [-0.2, -0.15) is 0 Å². The molecule has 0 amide bonds. The van der Waals surface area contributed by atoms with E-state index in [1.54, 1.807) is 11.5 Å². The van der Waals surface area contributed by atoms with Crippen LogP contribution in [-0.2, 0) is 16.6 Å². The van der Waals surface area contributed by atoms with Gasteiger partial charge < -0.3 is 9.30 Å². The van der Waals surface area contributed by atoms with Crippen molar-refractivity contribution in [2.45, 2.75) is 53.5 Å². The zero-order valence-electron chi connectivity index (χ0n) is 20.8. The summed E-state index contributed by atoms with van der Waals surface area (Å²) in [7, 11) is 2.01. The van der Waals surface area contributed by atoms with Crippen molar-refractivity contribution >= 4 is 23.4 Å². The van der Waals surface area contributed by atoms with Gasteiger partial charge in [-0.05, 0) is 62.4 Å². The molecule has 1 aliphatic heterocycles. The molecule has 0 spiro atoms. The van der Waals surface area contributed by atoms with Gasteiger partial charge in [0.1, 0.15) is 0 Å². The summed E-state index contributed by atoms with van der Waals surface area (Å²) in [4.78, 5) is 32.0. The Morgan fingerprint density at radius 2 is 1.88 bits per heavy atom. The van der Waals surface area contributed by atoms with Crippen molar-refractivity contribution in [3.05, 3.63) is 89.4 Å². The second kappa shape index (κ2) is 9.22. The number of benzene rings is 1. The van der Waals surface area contributed by atoms with E-state index in [2.05, 4.69) is 41.6 Å². The molecule has 7 heteroatoms. The molecule has 0 saturated carbocycles. The molecule has 178 valence electrons. The van der Waals surface area contributed by atoms with Gasteiger partial charge in [0.25, 0.3) is 5.56 Å². The minimum absolute atomic E-state index is 0.156. The monoisotopic (exact) mass is 477 g/mol. The molecule has 1 aliphatic rings. The fraction of sp³-hybridized carbons (Fsp3) is 0.370. The zero-order valence-corrected chi connectivity index (χ0v) is 21.6. The molecular weight excluding hydrogens is 446 g/mol. The first kappa shape index (κ1) is 24.0. The minimum atomic E-state index is -0.586.